The molecule has 5 rings (SSSR count). The number of alkyl carbamates (subject to hydrolysis) is 1. The molecular weight excluding hydrogens is 615 g/mol. The molecule has 1 saturated carbocycles. The summed E-state index contributed by atoms with van der Waals surface area (Å²) >= 11 is 0. The van der Waals surface area contributed by atoms with E-state index in [1.165, 1.54) is 15.9 Å². The van der Waals surface area contributed by atoms with Gasteiger partial charge in [0.2, 0.25) is 11.8 Å². The molecule has 2 N–H and O–H groups in total. The minimum absolute atomic E-state index is 0.0288. The van der Waals surface area contributed by atoms with Gasteiger partial charge < -0.3 is 34.5 Å². The molecule has 0 unspecified atom stereocenters. The van der Waals surface area contributed by atoms with E-state index in [1.807, 2.05) is 6.08 Å². The second-order valence-electron chi connectivity index (χ2n) is 13.3. The summed E-state index contributed by atoms with van der Waals surface area (Å²) in [6, 6.07) is 2.44. The zero-order valence-corrected chi connectivity index (χ0v) is 27.2. The standard InChI is InChI=1S/C33H43FN4O9/c1-5-45-29(41)33-16-21(33)10-7-13-44-14-8-12-25(35-30(42)47-32(2,3)4)28(40)38-18-22(15-26(38)27(39)36-33)46-31(43)37-17-20-9-6-11-24(34)23(20)19-37/h6-7,9-11,21-22,25-26H,5,8,12-19H2,1-4H3,(H,35,42)(H,36,39)/b10-7-/t21-,22-,25+,26+,33-/m1/s1. The average molecular weight is 659 g/mol. The van der Waals surface area contributed by atoms with Crippen LogP contribution in [0.4, 0.5) is 14.0 Å². The van der Waals surface area contributed by atoms with Crippen molar-refractivity contribution in [3.63, 3.8) is 0 Å². The first-order chi connectivity index (χ1) is 22.3. The minimum atomic E-state index is -1.31. The molecule has 0 bridgehead atoms. The summed E-state index contributed by atoms with van der Waals surface area (Å²) < 4.78 is 36.5. The van der Waals surface area contributed by atoms with Gasteiger partial charge >= 0.3 is 18.2 Å². The Morgan fingerprint density at radius 1 is 1.19 bits per heavy atom. The maximum atomic E-state index is 14.3. The van der Waals surface area contributed by atoms with Crippen LogP contribution in [-0.4, -0.2) is 95.5 Å². The van der Waals surface area contributed by atoms with Gasteiger partial charge in [-0.3, -0.25) is 14.5 Å². The lowest BCUT2D eigenvalue weighted by Gasteiger charge is -2.30. The topological polar surface area (TPSA) is 153 Å². The van der Waals surface area contributed by atoms with Gasteiger partial charge in [0.05, 0.1) is 26.3 Å². The monoisotopic (exact) mass is 658 g/mol. The Morgan fingerprint density at radius 3 is 2.70 bits per heavy atom. The molecule has 1 aromatic carbocycles. The van der Waals surface area contributed by atoms with Gasteiger partial charge in [-0.2, -0.15) is 0 Å². The number of fused-ring (bicyclic) bond motifs is 3. The number of benzene rings is 1. The number of nitrogens with zero attached hydrogens (tertiary/aromatic N) is 2. The second kappa shape index (κ2) is 13.9. The summed E-state index contributed by atoms with van der Waals surface area (Å²) in [6.45, 7) is 7.48. The van der Waals surface area contributed by atoms with Crippen molar-refractivity contribution in [1.29, 1.82) is 0 Å². The van der Waals surface area contributed by atoms with Crippen molar-refractivity contribution < 1.29 is 47.3 Å². The van der Waals surface area contributed by atoms with E-state index in [0.29, 0.717) is 24.0 Å². The molecule has 14 heteroatoms. The molecule has 1 saturated heterocycles. The van der Waals surface area contributed by atoms with Gasteiger partial charge in [-0.05, 0) is 58.6 Å². The molecule has 256 valence electrons. The van der Waals surface area contributed by atoms with E-state index in [0.717, 1.165) is 0 Å². The predicted octanol–water partition coefficient (Wildman–Crippen LogP) is 2.95. The van der Waals surface area contributed by atoms with Gasteiger partial charge in [-0.1, -0.05) is 24.3 Å². The number of rotatable bonds is 4. The van der Waals surface area contributed by atoms with Gasteiger partial charge in [0.15, 0.2) is 0 Å². The first kappa shape index (κ1) is 34.1. The van der Waals surface area contributed by atoms with Crippen molar-refractivity contribution in [2.75, 3.05) is 26.4 Å². The largest absolute Gasteiger partial charge is 0.464 e. The summed E-state index contributed by atoms with van der Waals surface area (Å²) in [5, 5.41) is 5.48. The van der Waals surface area contributed by atoms with Crippen LogP contribution in [0.3, 0.4) is 0 Å². The Labute approximate surface area is 273 Å². The highest BCUT2D eigenvalue weighted by Crippen LogP contribution is 2.46. The number of nitrogens with one attached hydrogen (secondary N) is 2. The number of ether oxygens (including phenoxy) is 4. The Hall–Kier alpha value is -4.20. The molecule has 5 atom stereocenters. The summed E-state index contributed by atoms with van der Waals surface area (Å²) in [4.78, 5) is 69.8. The third-order valence-electron chi connectivity index (χ3n) is 8.65. The average Bonchev–Trinajstić information content (AvgIpc) is 3.31. The number of carbonyl (C=O) groups is 5. The van der Waals surface area contributed by atoms with Crippen LogP contribution in [0, 0.1) is 11.7 Å². The number of carbonyl (C=O) groups excluding carboxylic acids is 5. The molecule has 1 aliphatic carbocycles. The van der Waals surface area contributed by atoms with Crippen molar-refractivity contribution >= 4 is 30.0 Å². The number of hydrogen-bond donors (Lipinski definition) is 2. The van der Waals surface area contributed by atoms with Crippen LogP contribution in [0.25, 0.3) is 0 Å². The van der Waals surface area contributed by atoms with Crippen LogP contribution in [0.15, 0.2) is 30.4 Å². The highest BCUT2D eigenvalue weighted by atomic mass is 19.1. The second-order valence-corrected chi connectivity index (χ2v) is 13.3. The molecular formula is C33H43FN4O9. The van der Waals surface area contributed by atoms with Crippen LogP contribution in [0.5, 0.6) is 0 Å². The molecule has 13 nitrogen and oxygen atoms in total. The molecule has 3 heterocycles. The summed E-state index contributed by atoms with van der Waals surface area (Å²) in [6.07, 6.45) is 2.02. The highest BCUT2D eigenvalue weighted by molar-refractivity contribution is 5.96. The molecule has 3 aliphatic heterocycles. The molecule has 2 fully saturated rings. The molecule has 47 heavy (non-hydrogen) atoms. The third kappa shape index (κ3) is 7.86. The Kier molecular flexibility index (Phi) is 10.1. The van der Waals surface area contributed by atoms with Crippen LogP contribution < -0.4 is 10.6 Å². The SMILES string of the molecule is CCOC(=O)[C@@]12C[C@H]1/C=C\COCCC[C@H](NC(=O)OC(C)(C)C)C(=O)N1C[C@H](OC(=O)N3Cc4cccc(F)c4C3)C[C@H]1C(=O)N2. The number of halogens is 1. The summed E-state index contributed by atoms with van der Waals surface area (Å²) in [5.74, 6) is -2.52. The fourth-order valence-electron chi connectivity index (χ4n) is 6.28. The van der Waals surface area contributed by atoms with E-state index in [9.17, 15) is 28.4 Å². The first-order valence-electron chi connectivity index (χ1n) is 16.1. The quantitative estimate of drug-likeness (QED) is 0.283. The minimum Gasteiger partial charge on any atom is -0.464 e. The van der Waals surface area contributed by atoms with Gasteiger partial charge in [0.25, 0.3) is 0 Å². The van der Waals surface area contributed by atoms with E-state index >= 15 is 0 Å². The van der Waals surface area contributed by atoms with Crippen molar-refractivity contribution in [3.05, 3.63) is 47.3 Å². The number of esters is 1. The Morgan fingerprint density at radius 2 is 1.98 bits per heavy atom. The molecule has 4 aliphatic rings. The van der Waals surface area contributed by atoms with Crippen molar-refractivity contribution in [2.45, 2.75) is 95.8 Å². The van der Waals surface area contributed by atoms with Crippen LogP contribution >= 0.6 is 0 Å². The van der Waals surface area contributed by atoms with E-state index in [-0.39, 0.29) is 58.2 Å². The molecule has 4 amide bonds. The van der Waals surface area contributed by atoms with E-state index in [4.69, 9.17) is 18.9 Å². The number of amides is 4. The van der Waals surface area contributed by atoms with Crippen molar-refractivity contribution in [2.24, 2.45) is 5.92 Å². The van der Waals surface area contributed by atoms with E-state index < -0.39 is 65.1 Å². The lowest BCUT2D eigenvalue weighted by molar-refractivity contribution is -0.150. The zero-order valence-electron chi connectivity index (χ0n) is 27.2. The predicted molar refractivity (Wildman–Crippen MR) is 164 cm³/mol. The van der Waals surface area contributed by atoms with E-state index in [2.05, 4.69) is 10.6 Å². The maximum Gasteiger partial charge on any atom is 0.410 e. The van der Waals surface area contributed by atoms with Gasteiger partial charge in [-0.15, -0.1) is 0 Å². The van der Waals surface area contributed by atoms with Crippen molar-refractivity contribution in [1.82, 2.24) is 20.4 Å². The smallest absolute Gasteiger partial charge is 0.410 e. The lowest BCUT2D eigenvalue weighted by Crippen LogP contribution is -2.56. The fourth-order valence-corrected chi connectivity index (χ4v) is 6.28. The van der Waals surface area contributed by atoms with Crippen LogP contribution in [0.2, 0.25) is 0 Å². The van der Waals surface area contributed by atoms with E-state index in [1.54, 1.807) is 45.9 Å². The molecule has 0 radical (unpaired) electrons. The first-order valence-corrected chi connectivity index (χ1v) is 16.1. The normalized spacial score (nSPS) is 28.4. The van der Waals surface area contributed by atoms with Crippen molar-refractivity contribution in [3.8, 4) is 0 Å². The maximum absolute atomic E-state index is 14.3. The third-order valence-corrected chi connectivity index (χ3v) is 8.65. The lowest BCUT2D eigenvalue weighted by atomic mass is 10.1. The number of hydrogen-bond acceptors (Lipinski definition) is 9. The fraction of sp³-hybridized carbons (Fsp3) is 0.606. The van der Waals surface area contributed by atoms with Crippen LogP contribution in [-0.2, 0) is 46.4 Å². The van der Waals surface area contributed by atoms with Gasteiger partial charge in [0, 0.05) is 31.1 Å². The highest BCUT2D eigenvalue weighted by Gasteiger charge is 2.62. The Bertz CT molecular complexity index is 1430. The van der Waals surface area contributed by atoms with Gasteiger partial charge in [0.1, 0.15) is 35.1 Å². The summed E-state index contributed by atoms with van der Waals surface area (Å²) in [5.41, 5.74) is -1.05. The zero-order chi connectivity index (χ0) is 33.9. The Balaban J connectivity index is 1.38. The molecule has 1 aromatic rings. The van der Waals surface area contributed by atoms with Gasteiger partial charge in [-0.25, -0.2) is 18.8 Å². The molecule has 0 aromatic heterocycles. The summed E-state index contributed by atoms with van der Waals surface area (Å²) in [7, 11) is 0. The van der Waals surface area contributed by atoms with Crippen LogP contribution in [0.1, 0.15) is 64.5 Å². The molecule has 0 spiro atoms.